The lowest BCUT2D eigenvalue weighted by Gasteiger charge is -2.08. The molecular weight excluding hydrogens is 326 g/mol. The van der Waals surface area contributed by atoms with Crippen molar-refractivity contribution >= 4 is 28.7 Å². The summed E-state index contributed by atoms with van der Waals surface area (Å²) in [4.78, 5) is 0. The molecular formula is C21H19N3S. The number of hydrogen-bond donors (Lipinski definition) is 2. The van der Waals surface area contributed by atoms with Gasteiger partial charge in [0.2, 0.25) is 0 Å². The Bertz CT molecular complexity index is 857. The Hall–Kier alpha value is -2.98. The van der Waals surface area contributed by atoms with Crippen LogP contribution in [0, 0.1) is 0 Å². The van der Waals surface area contributed by atoms with Crippen LogP contribution in [0.3, 0.4) is 0 Å². The van der Waals surface area contributed by atoms with E-state index < -0.39 is 0 Å². The molecule has 3 aromatic carbocycles. The van der Waals surface area contributed by atoms with Gasteiger partial charge >= 0.3 is 0 Å². The van der Waals surface area contributed by atoms with Gasteiger partial charge in [0.25, 0.3) is 0 Å². The average Bonchev–Trinajstić information content (AvgIpc) is 2.68. The summed E-state index contributed by atoms with van der Waals surface area (Å²) in [6.45, 7) is 1.95. The molecule has 0 heterocycles. The van der Waals surface area contributed by atoms with Crippen LogP contribution in [-0.2, 0) is 0 Å². The highest BCUT2D eigenvalue weighted by atomic mass is 32.1. The molecule has 0 aromatic heterocycles. The van der Waals surface area contributed by atoms with Gasteiger partial charge in [-0.25, -0.2) is 0 Å². The summed E-state index contributed by atoms with van der Waals surface area (Å²) < 4.78 is 0. The molecule has 0 aliphatic rings. The third-order valence-electron chi connectivity index (χ3n) is 3.77. The van der Waals surface area contributed by atoms with Gasteiger partial charge < -0.3 is 5.32 Å². The second-order valence-corrected chi connectivity index (χ2v) is 5.98. The van der Waals surface area contributed by atoms with Gasteiger partial charge in [0, 0.05) is 5.69 Å². The molecule has 3 aromatic rings. The molecule has 0 amide bonds. The van der Waals surface area contributed by atoms with Gasteiger partial charge in [-0.05, 0) is 48.0 Å². The van der Waals surface area contributed by atoms with Gasteiger partial charge in [0.05, 0.1) is 5.71 Å². The van der Waals surface area contributed by atoms with Gasteiger partial charge in [0.1, 0.15) is 0 Å². The molecule has 3 nitrogen and oxygen atoms in total. The molecule has 0 spiro atoms. The molecule has 0 aliphatic carbocycles. The van der Waals surface area contributed by atoms with Crippen LogP contribution in [0.1, 0.15) is 12.5 Å². The summed E-state index contributed by atoms with van der Waals surface area (Å²) in [7, 11) is 0. The average molecular weight is 345 g/mol. The zero-order chi connectivity index (χ0) is 17.5. The van der Waals surface area contributed by atoms with Crippen LogP contribution >= 0.6 is 12.2 Å². The first kappa shape index (κ1) is 16.9. The SMILES string of the molecule is CC(=NNC(=S)Nc1ccccc1)c1ccc(-c2ccccc2)cc1. The van der Waals surface area contributed by atoms with E-state index in [9.17, 15) is 0 Å². The second-order valence-electron chi connectivity index (χ2n) is 5.57. The molecule has 25 heavy (non-hydrogen) atoms. The van der Waals surface area contributed by atoms with Crippen molar-refractivity contribution in [2.75, 3.05) is 5.32 Å². The fraction of sp³-hybridized carbons (Fsp3) is 0.0476. The van der Waals surface area contributed by atoms with Gasteiger partial charge in [-0.15, -0.1) is 0 Å². The van der Waals surface area contributed by atoms with Crippen LogP contribution in [0.5, 0.6) is 0 Å². The lowest BCUT2D eigenvalue weighted by atomic mass is 10.0. The predicted molar refractivity (Wildman–Crippen MR) is 110 cm³/mol. The standard InChI is InChI=1S/C21H19N3S/c1-16(23-24-21(25)22-20-10-6-3-7-11-20)17-12-14-19(15-13-17)18-8-4-2-5-9-18/h2-15H,1H3,(H2,22,24,25). The van der Waals surface area contributed by atoms with E-state index in [1.54, 1.807) is 0 Å². The number of anilines is 1. The summed E-state index contributed by atoms with van der Waals surface area (Å²) in [5.41, 5.74) is 8.13. The predicted octanol–water partition coefficient (Wildman–Crippen LogP) is 5.06. The topological polar surface area (TPSA) is 36.4 Å². The summed E-state index contributed by atoms with van der Waals surface area (Å²) in [5.74, 6) is 0. The number of para-hydroxylation sites is 1. The first-order valence-electron chi connectivity index (χ1n) is 8.04. The summed E-state index contributed by atoms with van der Waals surface area (Å²) >= 11 is 5.26. The van der Waals surface area contributed by atoms with E-state index in [-0.39, 0.29) is 0 Å². The monoisotopic (exact) mass is 345 g/mol. The highest BCUT2D eigenvalue weighted by Gasteiger charge is 2.01. The van der Waals surface area contributed by atoms with Crippen molar-refractivity contribution < 1.29 is 0 Å². The zero-order valence-electron chi connectivity index (χ0n) is 13.9. The Morgan fingerprint density at radius 2 is 1.32 bits per heavy atom. The molecule has 124 valence electrons. The fourth-order valence-electron chi connectivity index (χ4n) is 2.41. The molecule has 3 rings (SSSR count). The maximum atomic E-state index is 5.26. The number of nitrogens with zero attached hydrogens (tertiary/aromatic N) is 1. The van der Waals surface area contributed by atoms with E-state index in [1.807, 2.05) is 55.5 Å². The van der Waals surface area contributed by atoms with Gasteiger partial charge in [-0.1, -0.05) is 72.8 Å². The van der Waals surface area contributed by atoms with Crippen molar-refractivity contribution in [2.45, 2.75) is 6.92 Å². The first-order valence-corrected chi connectivity index (χ1v) is 8.45. The third kappa shape index (κ3) is 4.75. The van der Waals surface area contributed by atoms with Crippen molar-refractivity contribution in [1.29, 1.82) is 0 Å². The van der Waals surface area contributed by atoms with Gasteiger partial charge in [-0.3, -0.25) is 5.43 Å². The van der Waals surface area contributed by atoms with Crippen molar-refractivity contribution in [2.24, 2.45) is 5.10 Å². The number of hydrazone groups is 1. The van der Waals surface area contributed by atoms with E-state index in [1.165, 1.54) is 11.1 Å². The van der Waals surface area contributed by atoms with Crippen LogP contribution in [0.25, 0.3) is 11.1 Å². The highest BCUT2D eigenvalue weighted by Crippen LogP contribution is 2.19. The first-order chi connectivity index (χ1) is 12.2. The van der Waals surface area contributed by atoms with Crippen LogP contribution in [0.4, 0.5) is 5.69 Å². The van der Waals surface area contributed by atoms with Crippen molar-refractivity contribution in [3.63, 3.8) is 0 Å². The molecule has 2 N–H and O–H groups in total. The van der Waals surface area contributed by atoms with E-state index in [2.05, 4.69) is 52.2 Å². The zero-order valence-corrected chi connectivity index (χ0v) is 14.8. The third-order valence-corrected chi connectivity index (χ3v) is 3.96. The Morgan fingerprint density at radius 3 is 1.96 bits per heavy atom. The maximum absolute atomic E-state index is 5.26. The molecule has 0 saturated heterocycles. The van der Waals surface area contributed by atoms with Crippen molar-refractivity contribution in [3.05, 3.63) is 90.5 Å². The molecule has 0 radical (unpaired) electrons. The molecule has 4 heteroatoms. The Kier molecular flexibility index (Phi) is 5.54. The molecule has 0 fully saturated rings. The molecule has 0 bridgehead atoms. The quantitative estimate of drug-likeness (QED) is 0.394. The Labute approximate surface area is 153 Å². The van der Waals surface area contributed by atoms with Crippen LogP contribution in [0.15, 0.2) is 90.0 Å². The molecule has 0 unspecified atom stereocenters. The lowest BCUT2D eigenvalue weighted by molar-refractivity contribution is 1.04. The highest BCUT2D eigenvalue weighted by molar-refractivity contribution is 7.80. The van der Waals surface area contributed by atoms with E-state index >= 15 is 0 Å². The van der Waals surface area contributed by atoms with Crippen LogP contribution in [0.2, 0.25) is 0 Å². The minimum Gasteiger partial charge on any atom is -0.331 e. The number of hydrogen-bond acceptors (Lipinski definition) is 2. The van der Waals surface area contributed by atoms with E-state index in [0.717, 1.165) is 17.0 Å². The maximum Gasteiger partial charge on any atom is 0.191 e. The summed E-state index contributed by atoms with van der Waals surface area (Å²) in [6.07, 6.45) is 0. The minimum absolute atomic E-state index is 0.464. The number of rotatable bonds is 4. The van der Waals surface area contributed by atoms with Crippen molar-refractivity contribution in [3.8, 4) is 11.1 Å². The smallest absolute Gasteiger partial charge is 0.191 e. The summed E-state index contributed by atoms with van der Waals surface area (Å²) in [5, 5.41) is 7.91. The number of thiocarbonyl (C=S) groups is 1. The van der Waals surface area contributed by atoms with E-state index in [0.29, 0.717) is 5.11 Å². The van der Waals surface area contributed by atoms with E-state index in [4.69, 9.17) is 12.2 Å². The fourth-order valence-corrected chi connectivity index (χ4v) is 2.58. The molecule has 0 aliphatic heterocycles. The Morgan fingerprint density at radius 1 is 0.760 bits per heavy atom. The lowest BCUT2D eigenvalue weighted by Crippen LogP contribution is -2.24. The largest absolute Gasteiger partial charge is 0.331 e. The normalized spacial score (nSPS) is 11.0. The molecule has 0 atom stereocenters. The van der Waals surface area contributed by atoms with Crippen LogP contribution in [-0.4, -0.2) is 10.8 Å². The number of nitrogens with one attached hydrogen (secondary N) is 2. The number of benzene rings is 3. The van der Waals surface area contributed by atoms with Crippen LogP contribution < -0.4 is 10.7 Å². The Balaban J connectivity index is 1.63. The van der Waals surface area contributed by atoms with Gasteiger partial charge in [-0.2, -0.15) is 5.10 Å². The van der Waals surface area contributed by atoms with Gasteiger partial charge in [0.15, 0.2) is 5.11 Å². The second kappa shape index (κ2) is 8.22. The summed E-state index contributed by atoms with van der Waals surface area (Å²) in [6, 6.07) is 28.4. The van der Waals surface area contributed by atoms with Crippen molar-refractivity contribution in [1.82, 2.24) is 5.43 Å². The molecule has 0 saturated carbocycles. The minimum atomic E-state index is 0.464.